The maximum atomic E-state index is 12.7. The lowest BCUT2D eigenvalue weighted by Crippen LogP contribution is -2.49. The lowest BCUT2D eigenvalue weighted by molar-refractivity contribution is -0.136. The third-order valence-electron chi connectivity index (χ3n) is 5.34. The van der Waals surface area contributed by atoms with Gasteiger partial charge in [0.1, 0.15) is 11.5 Å². The summed E-state index contributed by atoms with van der Waals surface area (Å²) in [7, 11) is 0. The zero-order chi connectivity index (χ0) is 20.9. The van der Waals surface area contributed by atoms with Crippen molar-refractivity contribution in [3.63, 3.8) is 0 Å². The molecule has 4 heterocycles. The van der Waals surface area contributed by atoms with E-state index in [0.29, 0.717) is 13.1 Å². The van der Waals surface area contributed by atoms with Gasteiger partial charge < -0.3 is 14.2 Å². The average molecular weight is 405 g/mol. The van der Waals surface area contributed by atoms with Crippen LogP contribution in [0.2, 0.25) is 0 Å². The number of carbonyl (C=O) groups excluding carboxylic acids is 1. The topological polar surface area (TPSA) is 50.6 Å². The van der Waals surface area contributed by atoms with Crippen LogP contribution in [0.1, 0.15) is 30.7 Å². The average Bonchev–Trinajstić information content (AvgIpc) is 3.18. The number of imidazole rings is 1. The lowest BCUT2D eigenvalue weighted by Gasteiger charge is -2.34. The molecule has 1 aromatic heterocycles. The number of piperazine rings is 1. The van der Waals surface area contributed by atoms with Crippen LogP contribution in [-0.4, -0.2) is 44.9 Å². The standard InChI is InChI=1S/C22H22N4O2.C2H6/c27-22-15-24-7-8-25(22)12-17-3-1-5-20(9-17)28-21-6-2-4-18(10-21)13-26-16-23-11-19(26)14-24;1-2/h1-6,9-11,16H,7-8,12-15H2;1-2H3. The Labute approximate surface area is 177 Å². The van der Waals surface area contributed by atoms with Gasteiger partial charge in [-0.05, 0) is 35.4 Å². The van der Waals surface area contributed by atoms with Crippen molar-refractivity contribution < 1.29 is 9.53 Å². The fraction of sp³-hybridized carbons (Fsp3) is 0.333. The van der Waals surface area contributed by atoms with Crippen LogP contribution < -0.4 is 4.74 Å². The van der Waals surface area contributed by atoms with Gasteiger partial charge >= 0.3 is 0 Å². The molecule has 1 amide bonds. The number of benzene rings is 2. The molecule has 6 rings (SSSR count). The number of rotatable bonds is 0. The third-order valence-corrected chi connectivity index (χ3v) is 5.34. The Hall–Kier alpha value is -3.12. The number of nitrogens with zero attached hydrogens (tertiary/aromatic N) is 4. The summed E-state index contributed by atoms with van der Waals surface area (Å²) in [6.45, 7) is 8.10. The van der Waals surface area contributed by atoms with Gasteiger partial charge in [0.2, 0.25) is 5.91 Å². The van der Waals surface area contributed by atoms with Crippen molar-refractivity contribution in [3.8, 4) is 11.5 Å². The monoisotopic (exact) mass is 404 g/mol. The Balaban J connectivity index is 0.00000106. The molecule has 1 saturated heterocycles. The van der Waals surface area contributed by atoms with Gasteiger partial charge in [-0.2, -0.15) is 0 Å². The SMILES string of the molecule is CC.O=C1CN2CCN1Cc1cccc(c1)Oc1cccc(c1)Cn1cncc1C2. The number of amides is 1. The molecule has 156 valence electrons. The molecule has 2 aromatic carbocycles. The second-order valence-electron chi connectivity index (χ2n) is 7.44. The summed E-state index contributed by atoms with van der Waals surface area (Å²) in [5.74, 6) is 1.77. The first kappa shape index (κ1) is 20.2. The number of hydrogen-bond donors (Lipinski definition) is 0. The highest BCUT2D eigenvalue weighted by atomic mass is 16.5. The Morgan fingerprint density at radius 2 is 1.57 bits per heavy atom. The van der Waals surface area contributed by atoms with Crippen molar-refractivity contribution in [2.24, 2.45) is 0 Å². The Morgan fingerprint density at radius 3 is 2.27 bits per heavy atom. The van der Waals surface area contributed by atoms with Crippen LogP contribution in [0.5, 0.6) is 11.5 Å². The zero-order valence-corrected chi connectivity index (χ0v) is 17.6. The maximum Gasteiger partial charge on any atom is 0.237 e. The summed E-state index contributed by atoms with van der Waals surface area (Å²) in [6, 6.07) is 16.2. The molecule has 0 aliphatic carbocycles. The van der Waals surface area contributed by atoms with Crippen molar-refractivity contribution in [3.05, 3.63) is 77.9 Å². The maximum absolute atomic E-state index is 12.7. The summed E-state index contributed by atoms with van der Waals surface area (Å²) < 4.78 is 8.24. The fourth-order valence-electron chi connectivity index (χ4n) is 3.88. The van der Waals surface area contributed by atoms with E-state index in [1.807, 2.05) is 67.7 Å². The number of fused-ring (bicyclic) bond motifs is 2. The van der Waals surface area contributed by atoms with Crippen LogP contribution in [0.15, 0.2) is 61.1 Å². The van der Waals surface area contributed by atoms with Crippen molar-refractivity contribution in [1.29, 1.82) is 0 Å². The van der Waals surface area contributed by atoms with Gasteiger partial charge in [0.15, 0.2) is 0 Å². The molecule has 6 bridgehead atoms. The minimum absolute atomic E-state index is 0.168. The predicted octanol–water partition coefficient (Wildman–Crippen LogP) is 3.91. The van der Waals surface area contributed by atoms with Crippen LogP contribution in [0.25, 0.3) is 0 Å². The first-order chi connectivity index (χ1) is 14.7. The highest BCUT2D eigenvalue weighted by molar-refractivity contribution is 5.79. The van der Waals surface area contributed by atoms with E-state index in [2.05, 4.69) is 26.6 Å². The summed E-state index contributed by atoms with van der Waals surface area (Å²) in [4.78, 5) is 21.1. The van der Waals surface area contributed by atoms with E-state index >= 15 is 0 Å². The first-order valence-corrected chi connectivity index (χ1v) is 10.6. The fourth-order valence-corrected chi connectivity index (χ4v) is 3.88. The molecule has 0 N–H and O–H groups in total. The van der Waals surface area contributed by atoms with E-state index in [-0.39, 0.29) is 5.91 Å². The first-order valence-electron chi connectivity index (χ1n) is 10.6. The summed E-state index contributed by atoms with van der Waals surface area (Å²) in [6.07, 6.45) is 3.75. The van der Waals surface area contributed by atoms with E-state index in [4.69, 9.17) is 4.74 Å². The van der Waals surface area contributed by atoms with Crippen LogP contribution >= 0.6 is 0 Å². The minimum atomic E-state index is 0.168. The third kappa shape index (κ3) is 4.54. The van der Waals surface area contributed by atoms with Gasteiger partial charge in [0.25, 0.3) is 0 Å². The van der Waals surface area contributed by atoms with E-state index in [0.717, 1.165) is 54.5 Å². The van der Waals surface area contributed by atoms with Gasteiger partial charge in [0.05, 0.1) is 18.6 Å². The number of carbonyl (C=O) groups is 1. The number of hydrogen-bond acceptors (Lipinski definition) is 4. The summed E-state index contributed by atoms with van der Waals surface area (Å²) in [5, 5.41) is 0. The van der Waals surface area contributed by atoms with E-state index in [1.54, 1.807) is 0 Å². The van der Waals surface area contributed by atoms with Crippen molar-refractivity contribution >= 4 is 5.91 Å². The van der Waals surface area contributed by atoms with Crippen LogP contribution in [0.4, 0.5) is 0 Å². The van der Waals surface area contributed by atoms with Gasteiger partial charge in [0, 0.05) is 38.9 Å². The molecule has 3 aromatic rings. The molecule has 3 aliphatic heterocycles. The molecule has 3 aliphatic rings. The van der Waals surface area contributed by atoms with Gasteiger partial charge in [-0.15, -0.1) is 0 Å². The minimum Gasteiger partial charge on any atom is -0.457 e. The van der Waals surface area contributed by atoms with Crippen LogP contribution in [-0.2, 0) is 24.4 Å². The summed E-state index contributed by atoms with van der Waals surface area (Å²) in [5.41, 5.74) is 3.35. The molecule has 0 radical (unpaired) electrons. The molecule has 1 fully saturated rings. The van der Waals surface area contributed by atoms with Crippen LogP contribution in [0.3, 0.4) is 0 Å². The number of aromatic nitrogens is 2. The van der Waals surface area contributed by atoms with Crippen LogP contribution in [0, 0.1) is 0 Å². The molecule has 6 heteroatoms. The smallest absolute Gasteiger partial charge is 0.237 e. The lowest BCUT2D eigenvalue weighted by atomic mass is 10.1. The quantitative estimate of drug-likeness (QED) is 0.570. The highest BCUT2D eigenvalue weighted by Gasteiger charge is 2.25. The predicted molar refractivity (Wildman–Crippen MR) is 116 cm³/mol. The largest absolute Gasteiger partial charge is 0.457 e. The Bertz CT molecular complexity index is 1010. The second kappa shape index (κ2) is 9.13. The zero-order valence-electron chi connectivity index (χ0n) is 17.6. The van der Waals surface area contributed by atoms with E-state index in [9.17, 15) is 4.79 Å². The molecule has 1 unspecified atom stereocenters. The normalized spacial score (nSPS) is 18.1. The Kier molecular flexibility index (Phi) is 6.14. The molecular weight excluding hydrogens is 376 g/mol. The summed E-state index contributed by atoms with van der Waals surface area (Å²) >= 11 is 0. The van der Waals surface area contributed by atoms with Crippen molar-refractivity contribution in [2.75, 3.05) is 19.6 Å². The molecule has 0 spiro atoms. The highest BCUT2D eigenvalue weighted by Crippen LogP contribution is 2.25. The van der Waals surface area contributed by atoms with Gasteiger partial charge in [-0.25, -0.2) is 4.98 Å². The van der Waals surface area contributed by atoms with E-state index in [1.165, 1.54) is 0 Å². The van der Waals surface area contributed by atoms with E-state index < -0.39 is 0 Å². The van der Waals surface area contributed by atoms with Gasteiger partial charge in [-0.1, -0.05) is 38.1 Å². The molecule has 1 atom stereocenters. The Morgan fingerprint density at radius 1 is 0.867 bits per heavy atom. The molecule has 30 heavy (non-hydrogen) atoms. The number of ether oxygens (including phenoxy) is 1. The van der Waals surface area contributed by atoms with Crippen molar-refractivity contribution in [1.82, 2.24) is 19.4 Å². The van der Waals surface area contributed by atoms with Gasteiger partial charge in [-0.3, -0.25) is 9.69 Å². The van der Waals surface area contributed by atoms with Crippen molar-refractivity contribution in [2.45, 2.75) is 33.5 Å². The molecule has 6 nitrogen and oxygen atoms in total. The molecular formula is C24H28N4O2. The second-order valence-corrected chi connectivity index (χ2v) is 7.44. The molecule has 0 saturated carbocycles.